The summed E-state index contributed by atoms with van der Waals surface area (Å²) in [5.41, 5.74) is -0.206. The van der Waals surface area contributed by atoms with Crippen LogP contribution < -0.4 is 0 Å². The lowest BCUT2D eigenvalue weighted by Gasteiger charge is -2.18. The Labute approximate surface area is 104 Å². The summed E-state index contributed by atoms with van der Waals surface area (Å²) in [7, 11) is 0. The molecule has 98 valence electrons. The minimum Gasteiger partial charge on any atom is -0.374 e. The summed E-state index contributed by atoms with van der Waals surface area (Å²) in [5.74, 6) is 0.711. The molecule has 17 heavy (non-hydrogen) atoms. The first-order valence-electron chi connectivity index (χ1n) is 5.27. The summed E-state index contributed by atoms with van der Waals surface area (Å²) in [6, 6.07) is 0. The Hall–Kier alpha value is -0.750. The van der Waals surface area contributed by atoms with Crippen LogP contribution in [-0.4, -0.2) is 34.4 Å². The lowest BCUT2D eigenvalue weighted by atomic mass is 9.96. The normalized spacial score (nSPS) is 12.4. The lowest BCUT2D eigenvalue weighted by Crippen LogP contribution is -2.21. The Morgan fingerprint density at radius 3 is 2.53 bits per heavy atom. The van der Waals surface area contributed by atoms with E-state index in [0.29, 0.717) is 12.4 Å². The van der Waals surface area contributed by atoms with Gasteiger partial charge in [-0.1, -0.05) is 20.8 Å². The van der Waals surface area contributed by atoms with E-state index in [2.05, 4.69) is 10.2 Å². The Bertz CT molecular complexity index is 363. The number of rotatable bonds is 5. The molecule has 0 spiro atoms. The molecule has 7 heteroatoms. The molecule has 1 rings (SSSR count). The Morgan fingerprint density at radius 2 is 2.00 bits per heavy atom. The van der Waals surface area contributed by atoms with Crippen LogP contribution in [0.5, 0.6) is 0 Å². The van der Waals surface area contributed by atoms with E-state index in [1.54, 1.807) is 4.57 Å². The van der Waals surface area contributed by atoms with Gasteiger partial charge < -0.3 is 4.74 Å². The minimum atomic E-state index is -2.45. The van der Waals surface area contributed by atoms with Crippen molar-refractivity contribution in [3.63, 3.8) is 0 Å². The van der Waals surface area contributed by atoms with Crippen LogP contribution in [0.4, 0.5) is 8.78 Å². The van der Waals surface area contributed by atoms with Crippen LogP contribution in [0.1, 0.15) is 26.6 Å². The summed E-state index contributed by atoms with van der Waals surface area (Å²) in [4.78, 5) is 0. The van der Waals surface area contributed by atoms with Crippen molar-refractivity contribution in [2.24, 2.45) is 0 Å². The predicted molar refractivity (Wildman–Crippen MR) is 60.6 cm³/mol. The van der Waals surface area contributed by atoms with Gasteiger partial charge in [-0.2, -0.15) is 0 Å². The van der Waals surface area contributed by atoms with Crippen molar-refractivity contribution in [1.82, 2.24) is 14.8 Å². The van der Waals surface area contributed by atoms with E-state index in [9.17, 15) is 8.78 Å². The topological polar surface area (TPSA) is 39.9 Å². The average molecular weight is 268 g/mol. The third-order valence-corrected chi connectivity index (χ3v) is 2.36. The monoisotopic (exact) mass is 267 g/mol. The maximum atomic E-state index is 11.9. The van der Waals surface area contributed by atoms with Crippen LogP contribution in [0.3, 0.4) is 0 Å². The highest BCUT2D eigenvalue weighted by Crippen LogP contribution is 2.22. The smallest absolute Gasteiger partial charge is 0.261 e. The van der Waals surface area contributed by atoms with Gasteiger partial charge in [0, 0.05) is 5.41 Å². The summed E-state index contributed by atoms with van der Waals surface area (Å²) in [6.45, 7) is 5.89. The molecular formula is C10H16ClF2N3O. The SMILES string of the molecule is CC(C)(C)c1nnc(Cl)n1CCOCC(F)F. The third-order valence-electron chi connectivity index (χ3n) is 2.08. The summed E-state index contributed by atoms with van der Waals surface area (Å²) >= 11 is 5.88. The van der Waals surface area contributed by atoms with Gasteiger partial charge in [-0.15, -0.1) is 10.2 Å². The highest BCUT2D eigenvalue weighted by molar-refractivity contribution is 6.28. The van der Waals surface area contributed by atoms with Crippen LogP contribution in [0.2, 0.25) is 5.28 Å². The number of alkyl halides is 2. The van der Waals surface area contributed by atoms with Crippen LogP contribution >= 0.6 is 11.6 Å². The van der Waals surface area contributed by atoms with Crippen LogP contribution in [0.15, 0.2) is 0 Å². The average Bonchev–Trinajstić information content (AvgIpc) is 2.54. The molecule has 0 aliphatic carbocycles. The second-order valence-corrected chi connectivity index (χ2v) is 5.00. The molecule has 0 unspecified atom stereocenters. The highest BCUT2D eigenvalue weighted by Gasteiger charge is 2.23. The largest absolute Gasteiger partial charge is 0.374 e. The molecule has 0 aliphatic heterocycles. The quantitative estimate of drug-likeness (QED) is 0.770. The molecule has 1 heterocycles. The van der Waals surface area contributed by atoms with Crippen LogP contribution in [0.25, 0.3) is 0 Å². The zero-order valence-electron chi connectivity index (χ0n) is 10.1. The second kappa shape index (κ2) is 5.73. The fourth-order valence-electron chi connectivity index (χ4n) is 1.37. The van der Waals surface area contributed by atoms with Gasteiger partial charge in [0.05, 0.1) is 13.2 Å². The van der Waals surface area contributed by atoms with Gasteiger partial charge in [-0.05, 0) is 11.6 Å². The van der Waals surface area contributed by atoms with E-state index in [1.807, 2.05) is 20.8 Å². The van der Waals surface area contributed by atoms with Crippen molar-refractivity contribution in [1.29, 1.82) is 0 Å². The molecule has 0 aromatic carbocycles. The Kier molecular flexibility index (Phi) is 4.82. The molecule has 0 N–H and O–H groups in total. The van der Waals surface area contributed by atoms with Gasteiger partial charge in [0.1, 0.15) is 12.4 Å². The molecule has 0 bridgehead atoms. The number of hydrogen-bond acceptors (Lipinski definition) is 3. The van der Waals surface area contributed by atoms with E-state index in [-0.39, 0.29) is 17.3 Å². The van der Waals surface area contributed by atoms with E-state index in [0.717, 1.165) is 0 Å². The fraction of sp³-hybridized carbons (Fsp3) is 0.800. The van der Waals surface area contributed by atoms with Gasteiger partial charge in [-0.25, -0.2) is 8.78 Å². The highest BCUT2D eigenvalue weighted by atomic mass is 35.5. The first-order chi connectivity index (χ1) is 7.82. The second-order valence-electron chi connectivity index (χ2n) is 4.66. The third kappa shape index (κ3) is 4.20. The first-order valence-corrected chi connectivity index (χ1v) is 5.65. The molecule has 1 aromatic heterocycles. The van der Waals surface area contributed by atoms with Gasteiger partial charge in [-0.3, -0.25) is 4.57 Å². The summed E-state index contributed by atoms with van der Waals surface area (Å²) in [5, 5.41) is 8.00. The number of aromatic nitrogens is 3. The zero-order chi connectivity index (χ0) is 13.1. The summed E-state index contributed by atoms with van der Waals surface area (Å²) < 4.78 is 30.2. The number of nitrogens with zero attached hydrogens (tertiary/aromatic N) is 3. The molecule has 0 radical (unpaired) electrons. The summed E-state index contributed by atoms with van der Waals surface area (Å²) in [6.07, 6.45) is -2.45. The van der Waals surface area contributed by atoms with Gasteiger partial charge >= 0.3 is 0 Å². The Morgan fingerprint density at radius 1 is 1.35 bits per heavy atom. The molecule has 0 fully saturated rings. The standard InChI is InChI=1S/C10H16ClF2N3O/c1-10(2,3)8-14-15-9(11)16(8)4-5-17-6-7(12)13/h7H,4-6H2,1-3H3. The fourth-order valence-corrected chi connectivity index (χ4v) is 1.57. The van der Waals surface area contributed by atoms with Crippen LogP contribution in [0, 0.1) is 0 Å². The molecule has 0 amide bonds. The zero-order valence-corrected chi connectivity index (χ0v) is 10.8. The van der Waals surface area contributed by atoms with Crippen molar-refractivity contribution in [2.45, 2.75) is 39.2 Å². The van der Waals surface area contributed by atoms with E-state index >= 15 is 0 Å². The molecule has 4 nitrogen and oxygen atoms in total. The minimum absolute atomic E-state index is 0.158. The van der Waals surface area contributed by atoms with Crippen molar-refractivity contribution < 1.29 is 13.5 Å². The molecule has 0 aliphatic rings. The van der Waals surface area contributed by atoms with Crippen molar-refractivity contribution in [2.75, 3.05) is 13.2 Å². The van der Waals surface area contributed by atoms with Crippen molar-refractivity contribution in [3.8, 4) is 0 Å². The van der Waals surface area contributed by atoms with Gasteiger partial charge in [0.2, 0.25) is 5.28 Å². The predicted octanol–water partition coefficient (Wildman–Crippen LogP) is 2.51. The van der Waals surface area contributed by atoms with Crippen LogP contribution in [-0.2, 0) is 16.7 Å². The molecule has 1 aromatic rings. The molecule has 0 atom stereocenters. The van der Waals surface area contributed by atoms with Crippen molar-refractivity contribution >= 4 is 11.6 Å². The lowest BCUT2D eigenvalue weighted by molar-refractivity contribution is 0.0144. The number of hydrogen-bond donors (Lipinski definition) is 0. The van der Waals surface area contributed by atoms with Gasteiger partial charge in [0.15, 0.2) is 0 Å². The van der Waals surface area contributed by atoms with E-state index in [1.165, 1.54) is 0 Å². The van der Waals surface area contributed by atoms with E-state index < -0.39 is 13.0 Å². The van der Waals surface area contributed by atoms with Crippen molar-refractivity contribution in [3.05, 3.63) is 11.1 Å². The number of halogens is 3. The Balaban J connectivity index is 2.61. The number of ether oxygens (including phenoxy) is 1. The van der Waals surface area contributed by atoms with Gasteiger partial charge in [0.25, 0.3) is 6.43 Å². The maximum absolute atomic E-state index is 11.9. The maximum Gasteiger partial charge on any atom is 0.261 e. The molecule has 0 saturated carbocycles. The first kappa shape index (κ1) is 14.3. The van der Waals surface area contributed by atoms with E-state index in [4.69, 9.17) is 16.3 Å². The molecule has 0 saturated heterocycles. The molecular weight excluding hydrogens is 252 g/mol.